The van der Waals surface area contributed by atoms with Crippen molar-refractivity contribution in [2.75, 3.05) is 0 Å². The molecule has 2 heterocycles. The predicted molar refractivity (Wildman–Crippen MR) is 85.6 cm³/mol. The first-order chi connectivity index (χ1) is 10.8. The minimum absolute atomic E-state index is 0.116. The first-order valence-electron chi connectivity index (χ1n) is 7.29. The van der Waals surface area contributed by atoms with Crippen LogP contribution in [0.4, 0.5) is 4.39 Å². The number of aryl methyl sites for hydroxylation is 1. The summed E-state index contributed by atoms with van der Waals surface area (Å²) in [5.41, 5.74) is 0.778. The maximum atomic E-state index is 13.7. The summed E-state index contributed by atoms with van der Waals surface area (Å²) in [6.45, 7) is 2.49. The van der Waals surface area contributed by atoms with Crippen LogP contribution in [-0.2, 0) is 18.3 Å². The van der Waals surface area contributed by atoms with Gasteiger partial charge in [0.1, 0.15) is 5.82 Å². The number of halogens is 1. The molecule has 5 nitrogen and oxygen atoms in total. The van der Waals surface area contributed by atoms with E-state index in [4.69, 9.17) is 0 Å². The Kier molecular flexibility index (Phi) is 3.67. The molecule has 0 N–H and O–H groups in total. The zero-order chi connectivity index (χ0) is 16.6. The van der Waals surface area contributed by atoms with Crippen LogP contribution in [0.2, 0.25) is 0 Å². The number of carbonyl (C=O) groups is 1. The van der Waals surface area contributed by atoms with E-state index in [1.165, 1.54) is 13.8 Å². The molecule has 0 aliphatic heterocycles. The standard InChI is InChI=1S/C17H17FN4O/c1-17(2,18)15(23)7-16-20-8-12-5-4-11(6-13(12)21-16)14-9-19-10-22(14)3/h4-6,8-10H,7H2,1-3H3. The molecular formula is C17H17FN4O. The summed E-state index contributed by atoms with van der Waals surface area (Å²) in [6.07, 6.45) is 5.05. The Bertz CT molecular complexity index is 880. The SMILES string of the molecule is Cn1cncc1-c1ccc2cnc(CC(=O)C(C)(C)F)nc2c1. The number of carbonyl (C=O) groups excluding carboxylic acids is 1. The van der Waals surface area contributed by atoms with Gasteiger partial charge >= 0.3 is 0 Å². The molecule has 0 unspecified atom stereocenters. The van der Waals surface area contributed by atoms with Gasteiger partial charge in [0.2, 0.25) is 0 Å². The van der Waals surface area contributed by atoms with Crippen LogP contribution in [0.5, 0.6) is 0 Å². The highest BCUT2D eigenvalue weighted by Crippen LogP contribution is 2.23. The van der Waals surface area contributed by atoms with Crippen LogP contribution in [0.25, 0.3) is 22.2 Å². The van der Waals surface area contributed by atoms with E-state index in [1.54, 1.807) is 18.7 Å². The average Bonchev–Trinajstić information content (AvgIpc) is 2.91. The number of nitrogens with zero attached hydrogens (tertiary/aromatic N) is 4. The van der Waals surface area contributed by atoms with E-state index in [9.17, 15) is 9.18 Å². The van der Waals surface area contributed by atoms with Gasteiger partial charge in [-0.05, 0) is 19.9 Å². The maximum absolute atomic E-state index is 13.7. The van der Waals surface area contributed by atoms with E-state index in [2.05, 4.69) is 15.0 Å². The summed E-state index contributed by atoms with van der Waals surface area (Å²) in [5, 5.41) is 0.867. The van der Waals surface area contributed by atoms with Crippen molar-refractivity contribution in [1.29, 1.82) is 0 Å². The zero-order valence-electron chi connectivity index (χ0n) is 13.2. The molecule has 23 heavy (non-hydrogen) atoms. The number of benzene rings is 1. The van der Waals surface area contributed by atoms with Crippen LogP contribution < -0.4 is 0 Å². The quantitative estimate of drug-likeness (QED) is 0.743. The smallest absolute Gasteiger partial charge is 0.176 e. The Morgan fingerprint density at radius 3 is 2.74 bits per heavy atom. The molecule has 3 rings (SSSR count). The number of ketones is 1. The average molecular weight is 312 g/mol. The van der Waals surface area contributed by atoms with Crippen LogP contribution in [0.15, 0.2) is 36.9 Å². The van der Waals surface area contributed by atoms with Crippen LogP contribution in [0, 0.1) is 0 Å². The lowest BCUT2D eigenvalue weighted by atomic mass is 10.0. The molecule has 0 bridgehead atoms. The fourth-order valence-electron chi connectivity index (χ4n) is 2.30. The summed E-state index contributed by atoms with van der Waals surface area (Å²) < 4.78 is 15.6. The number of fused-ring (bicyclic) bond motifs is 1. The molecule has 0 atom stereocenters. The van der Waals surface area contributed by atoms with Crippen molar-refractivity contribution in [3.8, 4) is 11.3 Å². The number of alkyl halides is 1. The van der Waals surface area contributed by atoms with Crippen LogP contribution in [-0.4, -0.2) is 31.0 Å². The molecule has 6 heteroatoms. The van der Waals surface area contributed by atoms with E-state index < -0.39 is 11.5 Å². The lowest BCUT2D eigenvalue weighted by molar-refractivity contribution is -0.127. The van der Waals surface area contributed by atoms with Crippen molar-refractivity contribution in [2.24, 2.45) is 7.05 Å². The second kappa shape index (κ2) is 5.53. The maximum Gasteiger partial charge on any atom is 0.176 e. The Labute approximate surface area is 133 Å². The van der Waals surface area contributed by atoms with Crippen molar-refractivity contribution in [3.63, 3.8) is 0 Å². The third-order valence-corrected chi connectivity index (χ3v) is 3.73. The van der Waals surface area contributed by atoms with E-state index in [0.29, 0.717) is 5.82 Å². The first-order valence-corrected chi connectivity index (χ1v) is 7.29. The van der Waals surface area contributed by atoms with Crippen LogP contribution in [0.1, 0.15) is 19.7 Å². The Balaban J connectivity index is 1.98. The van der Waals surface area contributed by atoms with E-state index in [1.807, 2.05) is 29.8 Å². The zero-order valence-corrected chi connectivity index (χ0v) is 13.2. The number of rotatable bonds is 4. The van der Waals surface area contributed by atoms with Gasteiger partial charge in [0.15, 0.2) is 11.5 Å². The molecule has 0 saturated carbocycles. The normalized spacial score (nSPS) is 11.8. The van der Waals surface area contributed by atoms with Crippen LogP contribution in [0.3, 0.4) is 0 Å². The minimum atomic E-state index is -1.88. The predicted octanol–water partition coefficient (Wildman–Crippen LogP) is 2.89. The minimum Gasteiger partial charge on any atom is -0.334 e. The first kappa shape index (κ1) is 15.3. The van der Waals surface area contributed by atoms with E-state index in [-0.39, 0.29) is 6.42 Å². The van der Waals surface area contributed by atoms with Gasteiger partial charge in [0.25, 0.3) is 0 Å². The van der Waals surface area contributed by atoms with Gasteiger partial charge in [0.05, 0.1) is 30.2 Å². The summed E-state index contributed by atoms with van der Waals surface area (Å²) in [4.78, 5) is 24.5. The second-order valence-electron chi connectivity index (χ2n) is 6.02. The Morgan fingerprint density at radius 2 is 2.09 bits per heavy atom. The summed E-state index contributed by atoms with van der Waals surface area (Å²) in [6, 6.07) is 5.81. The monoisotopic (exact) mass is 312 g/mol. The molecule has 118 valence electrons. The van der Waals surface area contributed by atoms with Crippen molar-refractivity contribution in [2.45, 2.75) is 25.9 Å². The highest BCUT2D eigenvalue weighted by molar-refractivity contribution is 5.88. The van der Waals surface area contributed by atoms with E-state index in [0.717, 1.165) is 22.2 Å². The molecule has 0 fully saturated rings. The lowest BCUT2D eigenvalue weighted by Crippen LogP contribution is -2.28. The van der Waals surface area contributed by atoms with Gasteiger partial charge in [-0.1, -0.05) is 12.1 Å². The number of hydrogen-bond donors (Lipinski definition) is 0. The van der Waals surface area contributed by atoms with Gasteiger partial charge < -0.3 is 4.57 Å². The van der Waals surface area contributed by atoms with E-state index >= 15 is 0 Å². The summed E-state index contributed by atoms with van der Waals surface area (Å²) >= 11 is 0. The third-order valence-electron chi connectivity index (χ3n) is 3.73. The highest BCUT2D eigenvalue weighted by Gasteiger charge is 2.27. The van der Waals surface area contributed by atoms with Crippen molar-refractivity contribution >= 4 is 16.7 Å². The van der Waals surface area contributed by atoms with Crippen LogP contribution >= 0.6 is 0 Å². The number of imidazole rings is 1. The van der Waals surface area contributed by atoms with Gasteiger partial charge in [-0.3, -0.25) is 4.79 Å². The van der Waals surface area contributed by atoms with Crippen molar-refractivity contribution < 1.29 is 9.18 Å². The topological polar surface area (TPSA) is 60.7 Å². The molecule has 2 aromatic heterocycles. The van der Waals surface area contributed by atoms with Crippen molar-refractivity contribution in [3.05, 3.63) is 42.7 Å². The fourth-order valence-corrected chi connectivity index (χ4v) is 2.30. The second-order valence-corrected chi connectivity index (χ2v) is 6.02. The fraction of sp³-hybridized carbons (Fsp3) is 0.294. The van der Waals surface area contributed by atoms with Gasteiger partial charge in [-0.2, -0.15) is 0 Å². The Morgan fingerprint density at radius 1 is 1.30 bits per heavy atom. The molecular weight excluding hydrogens is 295 g/mol. The molecule has 0 saturated heterocycles. The van der Waals surface area contributed by atoms with Gasteiger partial charge in [-0.25, -0.2) is 19.3 Å². The summed E-state index contributed by atoms with van der Waals surface area (Å²) in [7, 11) is 1.92. The van der Waals surface area contributed by atoms with Gasteiger partial charge in [-0.15, -0.1) is 0 Å². The molecule has 1 aromatic carbocycles. The molecule has 0 amide bonds. The number of hydrogen-bond acceptors (Lipinski definition) is 4. The molecule has 0 aliphatic carbocycles. The largest absolute Gasteiger partial charge is 0.334 e. The molecule has 3 aromatic rings. The van der Waals surface area contributed by atoms with Gasteiger partial charge in [0, 0.05) is 24.2 Å². The highest BCUT2D eigenvalue weighted by atomic mass is 19.1. The van der Waals surface area contributed by atoms with Crippen molar-refractivity contribution in [1.82, 2.24) is 19.5 Å². The number of aromatic nitrogens is 4. The lowest BCUT2D eigenvalue weighted by Gasteiger charge is -2.11. The number of Topliss-reactive ketones (excluding diaryl/α,β-unsaturated/α-hetero) is 1. The summed E-state index contributed by atoms with van der Waals surface area (Å²) in [5.74, 6) is -0.199. The molecule has 0 spiro atoms. The molecule has 0 radical (unpaired) electrons. The molecule has 0 aliphatic rings. The Hall–Kier alpha value is -2.63. The third kappa shape index (κ3) is 3.11.